The Kier molecular flexibility index (Phi) is 4.35. The zero-order valence-electron chi connectivity index (χ0n) is 10.2. The summed E-state index contributed by atoms with van der Waals surface area (Å²) in [5.74, 6) is 0.125. The molecule has 0 fully saturated rings. The third-order valence-corrected chi connectivity index (χ3v) is 2.77. The molecule has 16 heavy (non-hydrogen) atoms. The van der Waals surface area contributed by atoms with E-state index in [0.29, 0.717) is 12.3 Å². The molecule has 0 spiro atoms. The van der Waals surface area contributed by atoms with E-state index in [1.807, 2.05) is 26.2 Å². The molecular weight excluding hydrogens is 200 g/mol. The number of rotatable bonds is 5. The number of hydrogen-bond donors (Lipinski definition) is 1. The van der Waals surface area contributed by atoms with Gasteiger partial charge < -0.3 is 10.6 Å². The van der Waals surface area contributed by atoms with E-state index in [2.05, 4.69) is 24.0 Å². The Hall–Kier alpha value is -1.51. The summed E-state index contributed by atoms with van der Waals surface area (Å²) in [4.78, 5) is 12.9. The van der Waals surface area contributed by atoms with Crippen LogP contribution in [0.15, 0.2) is 24.3 Å². The van der Waals surface area contributed by atoms with E-state index in [1.54, 1.807) is 0 Å². The van der Waals surface area contributed by atoms with E-state index < -0.39 is 0 Å². The lowest BCUT2D eigenvalue weighted by atomic mass is 9.94. The molecule has 0 heterocycles. The van der Waals surface area contributed by atoms with Gasteiger partial charge in [0, 0.05) is 26.2 Å². The molecule has 0 bridgehead atoms. The maximum atomic E-state index is 10.8. The first kappa shape index (κ1) is 12.6. The highest BCUT2D eigenvalue weighted by molar-refractivity contribution is 5.73. The van der Waals surface area contributed by atoms with E-state index in [4.69, 9.17) is 5.73 Å². The molecule has 1 unspecified atom stereocenters. The van der Waals surface area contributed by atoms with Gasteiger partial charge in [-0.25, -0.2) is 0 Å². The molecule has 0 aliphatic heterocycles. The van der Waals surface area contributed by atoms with Gasteiger partial charge >= 0.3 is 0 Å². The van der Waals surface area contributed by atoms with Crippen molar-refractivity contribution in [1.29, 1.82) is 0 Å². The number of amides is 1. The molecule has 3 heteroatoms. The molecule has 0 radical (unpaired) electrons. The maximum absolute atomic E-state index is 10.8. The summed E-state index contributed by atoms with van der Waals surface area (Å²) in [7, 11) is 4.05. The van der Waals surface area contributed by atoms with Crippen LogP contribution in [0, 0.1) is 0 Å². The van der Waals surface area contributed by atoms with Crippen molar-refractivity contribution >= 4 is 11.6 Å². The fourth-order valence-electron chi connectivity index (χ4n) is 1.83. The topological polar surface area (TPSA) is 46.3 Å². The van der Waals surface area contributed by atoms with Crippen LogP contribution in [0.25, 0.3) is 0 Å². The number of nitrogens with zero attached hydrogens (tertiary/aromatic N) is 1. The fraction of sp³-hybridized carbons (Fsp3) is 0.462. The van der Waals surface area contributed by atoms with Gasteiger partial charge in [-0.2, -0.15) is 0 Å². The van der Waals surface area contributed by atoms with Gasteiger partial charge in [-0.1, -0.05) is 25.1 Å². The number of hydrogen-bond acceptors (Lipinski definition) is 2. The predicted molar refractivity (Wildman–Crippen MR) is 67.6 cm³/mol. The number of nitrogens with two attached hydrogens (primary N) is 1. The summed E-state index contributed by atoms with van der Waals surface area (Å²) in [6.07, 6.45) is 1.25. The Morgan fingerprint density at radius 2 is 2.00 bits per heavy atom. The Morgan fingerprint density at radius 3 is 2.56 bits per heavy atom. The standard InChI is InChI=1S/C13H20N2O/c1-10(8-9-13(14)16)11-6-4-5-7-12(11)15(2)3/h4-7,10H,8-9H2,1-3H3,(H2,14,16). The monoisotopic (exact) mass is 220 g/mol. The van der Waals surface area contributed by atoms with Gasteiger partial charge in [0.1, 0.15) is 0 Å². The molecule has 2 N–H and O–H groups in total. The van der Waals surface area contributed by atoms with Gasteiger partial charge in [0.05, 0.1) is 0 Å². The lowest BCUT2D eigenvalue weighted by Gasteiger charge is -2.21. The van der Waals surface area contributed by atoms with Crippen LogP contribution in [0.2, 0.25) is 0 Å². The first-order valence-electron chi connectivity index (χ1n) is 5.57. The summed E-state index contributed by atoms with van der Waals surface area (Å²) in [6, 6.07) is 8.26. The first-order chi connectivity index (χ1) is 7.52. The third-order valence-electron chi connectivity index (χ3n) is 2.77. The van der Waals surface area contributed by atoms with E-state index in [9.17, 15) is 4.79 Å². The van der Waals surface area contributed by atoms with E-state index in [-0.39, 0.29) is 5.91 Å². The molecule has 1 atom stereocenters. The van der Waals surface area contributed by atoms with Gasteiger partial charge in [0.2, 0.25) is 5.91 Å². The zero-order valence-corrected chi connectivity index (χ0v) is 10.2. The van der Waals surface area contributed by atoms with Crippen LogP contribution in [0.5, 0.6) is 0 Å². The highest BCUT2D eigenvalue weighted by Crippen LogP contribution is 2.29. The summed E-state index contributed by atoms with van der Waals surface area (Å²) >= 11 is 0. The number of carbonyl (C=O) groups excluding carboxylic acids is 1. The van der Waals surface area contributed by atoms with Gasteiger partial charge in [0.25, 0.3) is 0 Å². The molecule has 0 saturated carbocycles. The first-order valence-corrected chi connectivity index (χ1v) is 5.57. The summed E-state index contributed by atoms with van der Waals surface area (Å²) in [5, 5.41) is 0. The van der Waals surface area contributed by atoms with Crippen LogP contribution >= 0.6 is 0 Å². The Labute approximate surface area is 97.2 Å². The van der Waals surface area contributed by atoms with Gasteiger partial charge in [-0.3, -0.25) is 4.79 Å². The molecule has 1 rings (SSSR count). The van der Waals surface area contributed by atoms with E-state index in [1.165, 1.54) is 11.3 Å². The maximum Gasteiger partial charge on any atom is 0.217 e. The van der Waals surface area contributed by atoms with Crippen molar-refractivity contribution in [2.75, 3.05) is 19.0 Å². The van der Waals surface area contributed by atoms with Crippen molar-refractivity contribution in [2.24, 2.45) is 5.73 Å². The normalized spacial score (nSPS) is 12.2. The van der Waals surface area contributed by atoms with Gasteiger partial charge in [-0.05, 0) is 24.0 Å². The van der Waals surface area contributed by atoms with Crippen molar-refractivity contribution in [3.05, 3.63) is 29.8 Å². The SMILES string of the molecule is CC(CCC(N)=O)c1ccccc1N(C)C. The summed E-state index contributed by atoms with van der Waals surface area (Å²) < 4.78 is 0. The highest BCUT2D eigenvalue weighted by atomic mass is 16.1. The molecule has 1 aromatic rings. The average Bonchev–Trinajstić information content (AvgIpc) is 2.25. The number of anilines is 1. The predicted octanol–water partition coefficient (Wildman–Crippen LogP) is 2.12. The summed E-state index contributed by atoms with van der Waals surface area (Å²) in [6.45, 7) is 2.13. The van der Waals surface area contributed by atoms with Crippen molar-refractivity contribution in [3.8, 4) is 0 Å². The molecule has 1 aromatic carbocycles. The molecule has 0 saturated heterocycles. The van der Waals surface area contributed by atoms with Crippen LogP contribution in [-0.4, -0.2) is 20.0 Å². The number of benzene rings is 1. The second-order valence-corrected chi connectivity index (χ2v) is 4.36. The number of para-hydroxylation sites is 1. The Bertz CT molecular complexity index is 361. The highest BCUT2D eigenvalue weighted by Gasteiger charge is 2.12. The minimum Gasteiger partial charge on any atom is -0.377 e. The third kappa shape index (κ3) is 3.26. The van der Waals surface area contributed by atoms with E-state index in [0.717, 1.165) is 6.42 Å². The smallest absolute Gasteiger partial charge is 0.217 e. The Balaban J connectivity index is 2.81. The van der Waals surface area contributed by atoms with Crippen molar-refractivity contribution in [1.82, 2.24) is 0 Å². The van der Waals surface area contributed by atoms with Crippen molar-refractivity contribution in [2.45, 2.75) is 25.7 Å². The van der Waals surface area contributed by atoms with Crippen LogP contribution < -0.4 is 10.6 Å². The molecule has 88 valence electrons. The minimum absolute atomic E-state index is 0.228. The molecule has 3 nitrogen and oxygen atoms in total. The molecule has 1 amide bonds. The van der Waals surface area contributed by atoms with Crippen LogP contribution in [0.3, 0.4) is 0 Å². The van der Waals surface area contributed by atoms with Crippen LogP contribution in [0.1, 0.15) is 31.2 Å². The second-order valence-electron chi connectivity index (χ2n) is 4.36. The molecule has 0 aromatic heterocycles. The number of carbonyl (C=O) groups is 1. The largest absolute Gasteiger partial charge is 0.377 e. The van der Waals surface area contributed by atoms with E-state index >= 15 is 0 Å². The summed E-state index contributed by atoms with van der Waals surface area (Å²) in [5.41, 5.74) is 7.65. The minimum atomic E-state index is -0.228. The quantitative estimate of drug-likeness (QED) is 0.826. The van der Waals surface area contributed by atoms with Gasteiger partial charge in [0.15, 0.2) is 0 Å². The zero-order chi connectivity index (χ0) is 12.1. The van der Waals surface area contributed by atoms with Gasteiger partial charge in [-0.15, -0.1) is 0 Å². The lowest BCUT2D eigenvalue weighted by Crippen LogP contribution is -2.14. The molecular formula is C13H20N2O. The van der Waals surface area contributed by atoms with Crippen molar-refractivity contribution in [3.63, 3.8) is 0 Å². The Morgan fingerprint density at radius 1 is 1.38 bits per heavy atom. The van der Waals surface area contributed by atoms with Crippen LogP contribution in [0.4, 0.5) is 5.69 Å². The van der Waals surface area contributed by atoms with Crippen molar-refractivity contribution < 1.29 is 4.79 Å². The number of primary amides is 1. The average molecular weight is 220 g/mol. The second kappa shape index (κ2) is 5.54. The molecule has 0 aliphatic carbocycles. The van der Waals surface area contributed by atoms with Crippen LogP contribution in [-0.2, 0) is 4.79 Å². The lowest BCUT2D eigenvalue weighted by molar-refractivity contribution is -0.118. The molecule has 0 aliphatic rings. The fourth-order valence-corrected chi connectivity index (χ4v) is 1.83.